The standard InChI is InChI=1S/C19H26N2O3S/c22-18(14-5-2-1-3-6-14)21-19(25)20-15-8-10-16(11-9-15)24-13-17-7-4-12-23-17/h8-11,14,17H,1-7,12-13H2,(H2,20,21,22,25)/t17-/m1/s1. The average molecular weight is 362 g/mol. The molecule has 1 saturated heterocycles. The quantitative estimate of drug-likeness (QED) is 0.783. The Bertz CT molecular complexity index is 579. The first-order valence-electron chi connectivity index (χ1n) is 9.17. The molecule has 1 aliphatic carbocycles. The molecule has 1 aromatic rings. The minimum atomic E-state index is 0.0358. The van der Waals surface area contributed by atoms with Gasteiger partial charge in [0.05, 0.1) is 6.10 Å². The first kappa shape index (κ1) is 18.1. The van der Waals surface area contributed by atoms with Gasteiger partial charge in [-0.05, 0) is 62.2 Å². The van der Waals surface area contributed by atoms with Crippen LogP contribution in [-0.2, 0) is 9.53 Å². The Morgan fingerprint density at radius 2 is 1.88 bits per heavy atom. The molecule has 1 atom stereocenters. The minimum absolute atomic E-state index is 0.0358. The molecule has 3 rings (SSSR count). The maximum Gasteiger partial charge on any atom is 0.229 e. The van der Waals surface area contributed by atoms with Crippen LogP contribution in [-0.4, -0.2) is 30.3 Å². The number of rotatable bonds is 5. The Labute approximate surface area is 154 Å². The van der Waals surface area contributed by atoms with Crippen molar-refractivity contribution in [1.82, 2.24) is 5.32 Å². The van der Waals surface area contributed by atoms with E-state index in [2.05, 4.69) is 10.6 Å². The number of nitrogens with one attached hydrogen (secondary N) is 2. The molecule has 1 heterocycles. The second kappa shape index (κ2) is 9.15. The lowest BCUT2D eigenvalue weighted by molar-refractivity contribution is -0.124. The highest BCUT2D eigenvalue weighted by Crippen LogP contribution is 2.23. The number of carbonyl (C=O) groups is 1. The first-order valence-corrected chi connectivity index (χ1v) is 9.58. The molecule has 1 saturated carbocycles. The predicted molar refractivity (Wildman–Crippen MR) is 102 cm³/mol. The summed E-state index contributed by atoms with van der Waals surface area (Å²) in [5, 5.41) is 6.21. The van der Waals surface area contributed by atoms with E-state index in [9.17, 15) is 4.79 Å². The van der Waals surface area contributed by atoms with Crippen LogP contribution in [0.5, 0.6) is 5.75 Å². The van der Waals surface area contributed by atoms with Gasteiger partial charge in [0.2, 0.25) is 5.91 Å². The van der Waals surface area contributed by atoms with E-state index in [1.165, 1.54) is 6.42 Å². The number of thiocarbonyl (C=S) groups is 1. The molecule has 5 nitrogen and oxygen atoms in total. The summed E-state index contributed by atoms with van der Waals surface area (Å²) >= 11 is 5.25. The van der Waals surface area contributed by atoms with E-state index in [0.717, 1.165) is 56.6 Å². The zero-order valence-electron chi connectivity index (χ0n) is 14.5. The van der Waals surface area contributed by atoms with E-state index < -0.39 is 0 Å². The van der Waals surface area contributed by atoms with Gasteiger partial charge in [-0.2, -0.15) is 0 Å². The van der Waals surface area contributed by atoms with Gasteiger partial charge in [0.15, 0.2) is 5.11 Å². The zero-order valence-corrected chi connectivity index (χ0v) is 15.3. The number of hydrogen-bond acceptors (Lipinski definition) is 4. The lowest BCUT2D eigenvalue weighted by Gasteiger charge is -2.21. The number of hydrogen-bond donors (Lipinski definition) is 2. The summed E-state index contributed by atoms with van der Waals surface area (Å²) in [6, 6.07) is 7.57. The van der Waals surface area contributed by atoms with Crippen LogP contribution in [0.25, 0.3) is 0 Å². The Kier molecular flexibility index (Phi) is 6.64. The van der Waals surface area contributed by atoms with Crippen molar-refractivity contribution in [2.75, 3.05) is 18.5 Å². The van der Waals surface area contributed by atoms with Gasteiger partial charge in [-0.25, -0.2) is 0 Å². The van der Waals surface area contributed by atoms with E-state index in [1.54, 1.807) is 0 Å². The Morgan fingerprint density at radius 1 is 1.12 bits per heavy atom. The minimum Gasteiger partial charge on any atom is -0.491 e. The van der Waals surface area contributed by atoms with Crippen LogP contribution >= 0.6 is 12.2 Å². The molecule has 0 unspecified atom stereocenters. The van der Waals surface area contributed by atoms with Crippen molar-refractivity contribution in [3.63, 3.8) is 0 Å². The molecule has 2 fully saturated rings. The molecule has 1 aliphatic heterocycles. The van der Waals surface area contributed by atoms with Gasteiger partial charge >= 0.3 is 0 Å². The van der Waals surface area contributed by atoms with E-state index in [0.29, 0.717) is 11.7 Å². The van der Waals surface area contributed by atoms with Crippen molar-refractivity contribution < 1.29 is 14.3 Å². The fourth-order valence-corrected chi connectivity index (χ4v) is 3.56. The molecule has 1 aromatic carbocycles. The van der Waals surface area contributed by atoms with Crippen molar-refractivity contribution >= 4 is 28.9 Å². The normalized spacial score (nSPS) is 20.9. The lowest BCUT2D eigenvalue weighted by atomic mass is 9.89. The van der Waals surface area contributed by atoms with Gasteiger partial charge < -0.3 is 20.1 Å². The van der Waals surface area contributed by atoms with E-state index in [-0.39, 0.29) is 17.9 Å². The fraction of sp³-hybridized carbons (Fsp3) is 0.579. The SMILES string of the molecule is O=C(NC(=S)Nc1ccc(OC[C@H]2CCCO2)cc1)C1CCCCC1. The molecule has 25 heavy (non-hydrogen) atoms. The van der Waals surface area contributed by atoms with Crippen molar-refractivity contribution in [2.45, 2.75) is 51.0 Å². The molecule has 0 bridgehead atoms. The van der Waals surface area contributed by atoms with Crippen LogP contribution in [0, 0.1) is 5.92 Å². The zero-order chi connectivity index (χ0) is 17.5. The number of benzene rings is 1. The summed E-state index contributed by atoms with van der Waals surface area (Å²) in [6.07, 6.45) is 7.80. The third kappa shape index (κ3) is 5.68. The highest BCUT2D eigenvalue weighted by molar-refractivity contribution is 7.80. The summed E-state index contributed by atoms with van der Waals surface area (Å²) < 4.78 is 11.3. The summed E-state index contributed by atoms with van der Waals surface area (Å²) in [5.41, 5.74) is 0.832. The number of amides is 1. The van der Waals surface area contributed by atoms with Gasteiger partial charge in [0.1, 0.15) is 12.4 Å². The molecule has 0 radical (unpaired) electrons. The molecule has 2 aliphatic rings. The lowest BCUT2D eigenvalue weighted by Crippen LogP contribution is -2.38. The van der Waals surface area contributed by atoms with E-state index in [1.807, 2.05) is 24.3 Å². The third-order valence-electron chi connectivity index (χ3n) is 4.78. The molecule has 2 N–H and O–H groups in total. The number of carbonyl (C=O) groups excluding carboxylic acids is 1. The summed E-state index contributed by atoms with van der Waals surface area (Å²) in [4.78, 5) is 12.2. The predicted octanol–water partition coefficient (Wildman–Crippen LogP) is 3.64. The molecule has 0 aromatic heterocycles. The van der Waals surface area contributed by atoms with Gasteiger partial charge in [0.25, 0.3) is 0 Å². The van der Waals surface area contributed by atoms with Crippen LogP contribution in [0.2, 0.25) is 0 Å². The second-order valence-corrected chi connectivity index (χ2v) is 7.16. The smallest absolute Gasteiger partial charge is 0.229 e. The van der Waals surface area contributed by atoms with Crippen LogP contribution in [0.15, 0.2) is 24.3 Å². The molecule has 0 spiro atoms. The fourth-order valence-electron chi connectivity index (χ4n) is 3.34. The topological polar surface area (TPSA) is 59.6 Å². The van der Waals surface area contributed by atoms with Gasteiger partial charge in [0, 0.05) is 18.2 Å². The first-order chi connectivity index (χ1) is 12.2. The number of anilines is 1. The van der Waals surface area contributed by atoms with Gasteiger partial charge in [-0.15, -0.1) is 0 Å². The Hall–Kier alpha value is -1.66. The van der Waals surface area contributed by atoms with E-state index in [4.69, 9.17) is 21.7 Å². The van der Waals surface area contributed by atoms with Crippen LogP contribution in [0.4, 0.5) is 5.69 Å². The highest BCUT2D eigenvalue weighted by atomic mass is 32.1. The van der Waals surface area contributed by atoms with Crippen molar-refractivity contribution in [2.24, 2.45) is 5.92 Å². The summed E-state index contributed by atoms with van der Waals surface area (Å²) in [7, 11) is 0. The van der Waals surface area contributed by atoms with Crippen LogP contribution in [0.3, 0.4) is 0 Å². The average Bonchev–Trinajstić information content (AvgIpc) is 3.15. The van der Waals surface area contributed by atoms with Crippen LogP contribution < -0.4 is 15.4 Å². The maximum absolute atomic E-state index is 12.2. The monoisotopic (exact) mass is 362 g/mol. The summed E-state index contributed by atoms with van der Waals surface area (Å²) in [6.45, 7) is 1.42. The molecular weight excluding hydrogens is 336 g/mol. The Balaban J connectivity index is 1.42. The molecular formula is C19H26N2O3S. The van der Waals surface area contributed by atoms with Crippen molar-refractivity contribution in [1.29, 1.82) is 0 Å². The molecule has 6 heteroatoms. The Morgan fingerprint density at radius 3 is 2.56 bits per heavy atom. The largest absolute Gasteiger partial charge is 0.491 e. The highest BCUT2D eigenvalue weighted by Gasteiger charge is 2.21. The summed E-state index contributed by atoms with van der Waals surface area (Å²) in [5.74, 6) is 0.939. The molecule has 136 valence electrons. The van der Waals surface area contributed by atoms with E-state index >= 15 is 0 Å². The van der Waals surface area contributed by atoms with Gasteiger partial charge in [-0.1, -0.05) is 19.3 Å². The second-order valence-electron chi connectivity index (χ2n) is 6.75. The van der Waals surface area contributed by atoms with Crippen molar-refractivity contribution in [3.05, 3.63) is 24.3 Å². The van der Waals surface area contributed by atoms with Crippen LogP contribution in [0.1, 0.15) is 44.9 Å². The van der Waals surface area contributed by atoms with Crippen molar-refractivity contribution in [3.8, 4) is 5.75 Å². The maximum atomic E-state index is 12.2. The number of ether oxygens (including phenoxy) is 2. The van der Waals surface area contributed by atoms with Gasteiger partial charge in [-0.3, -0.25) is 4.79 Å². The molecule has 1 amide bonds. The third-order valence-corrected chi connectivity index (χ3v) is 4.99.